The quantitative estimate of drug-likeness (QED) is 0.453. The summed E-state index contributed by atoms with van der Waals surface area (Å²) >= 11 is 0. The molecule has 5 heteroatoms. The minimum Gasteiger partial charge on any atom is -0.379 e. The van der Waals surface area contributed by atoms with Crippen LogP contribution in [0.25, 0.3) is 0 Å². The maximum atomic E-state index is 10.7. The van der Waals surface area contributed by atoms with Gasteiger partial charge >= 0.3 is 0 Å². The lowest BCUT2D eigenvalue weighted by molar-refractivity contribution is -0.384. The average molecular weight is 219 g/mol. The third-order valence-corrected chi connectivity index (χ3v) is 2.13. The van der Waals surface area contributed by atoms with Crippen molar-refractivity contribution < 1.29 is 4.92 Å². The molecule has 0 aromatic heterocycles. The van der Waals surface area contributed by atoms with Crippen LogP contribution in [0.4, 0.5) is 11.4 Å². The Hall–Kier alpha value is -2.09. The van der Waals surface area contributed by atoms with Crippen LogP contribution >= 0.6 is 0 Å². The standard InChI is InChI=1S/C11H13N3O2/c12-8-4-1-5-9-13-10-6-2-3-7-11(10)14(15)16/h2-3,6-7,13H,1,4-5,9H2. The lowest BCUT2D eigenvalue weighted by Gasteiger charge is -2.05. The second-order valence-electron chi connectivity index (χ2n) is 3.32. The van der Waals surface area contributed by atoms with Crippen LogP contribution in [0.1, 0.15) is 19.3 Å². The second kappa shape index (κ2) is 6.40. The Balaban J connectivity index is 2.47. The molecule has 0 aliphatic heterocycles. The highest BCUT2D eigenvalue weighted by Gasteiger charge is 2.10. The van der Waals surface area contributed by atoms with Gasteiger partial charge in [0.1, 0.15) is 5.69 Å². The van der Waals surface area contributed by atoms with Crippen molar-refractivity contribution in [1.82, 2.24) is 0 Å². The van der Waals surface area contributed by atoms with Gasteiger partial charge in [-0.25, -0.2) is 0 Å². The van der Waals surface area contributed by atoms with Crippen molar-refractivity contribution in [3.63, 3.8) is 0 Å². The van der Waals surface area contributed by atoms with Crippen molar-refractivity contribution in [2.24, 2.45) is 0 Å². The molecule has 16 heavy (non-hydrogen) atoms. The summed E-state index contributed by atoms with van der Waals surface area (Å²) in [6.07, 6.45) is 2.17. The van der Waals surface area contributed by atoms with Crippen molar-refractivity contribution in [3.05, 3.63) is 34.4 Å². The van der Waals surface area contributed by atoms with Crippen molar-refractivity contribution >= 4 is 11.4 Å². The second-order valence-corrected chi connectivity index (χ2v) is 3.32. The Morgan fingerprint density at radius 2 is 2.12 bits per heavy atom. The number of hydrogen-bond donors (Lipinski definition) is 1. The summed E-state index contributed by atoms with van der Waals surface area (Å²) in [6.45, 7) is 0.645. The number of unbranched alkanes of at least 4 members (excludes halogenated alkanes) is 2. The number of nitro groups is 1. The van der Waals surface area contributed by atoms with Crippen LogP contribution in [0.3, 0.4) is 0 Å². The summed E-state index contributed by atoms with van der Waals surface area (Å²) in [7, 11) is 0. The van der Waals surface area contributed by atoms with Gasteiger partial charge in [-0.2, -0.15) is 5.26 Å². The fraction of sp³-hybridized carbons (Fsp3) is 0.364. The van der Waals surface area contributed by atoms with Crippen LogP contribution in [0, 0.1) is 21.4 Å². The van der Waals surface area contributed by atoms with Crippen molar-refractivity contribution in [2.45, 2.75) is 19.3 Å². The van der Waals surface area contributed by atoms with Crippen LogP contribution in [0.2, 0.25) is 0 Å². The third-order valence-electron chi connectivity index (χ3n) is 2.13. The van der Waals surface area contributed by atoms with E-state index in [4.69, 9.17) is 5.26 Å². The number of nitro benzene ring substituents is 1. The first kappa shape index (κ1) is 12.0. The summed E-state index contributed by atoms with van der Waals surface area (Å²) in [5, 5.41) is 22.0. The molecule has 1 rings (SSSR count). The normalized spacial score (nSPS) is 9.44. The molecule has 0 aliphatic carbocycles. The lowest BCUT2D eigenvalue weighted by atomic mass is 10.2. The Kier molecular flexibility index (Phi) is 4.80. The molecule has 0 spiro atoms. The number of nitrogens with one attached hydrogen (secondary N) is 1. The maximum Gasteiger partial charge on any atom is 0.292 e. The first-order chi connectivity index (χ1) is 7.75. The molecular weight excluding hydrogens is 206 g/mol. The molecule has 0 bridgehead atoms. The Morgan fingerprint density at radius 1 is 1.38 bits per heavy atom. The van der Waals surface area contributed by atoms with E-state index in [0.717, 1.165) is 12.8 Å². The molecule has 0 amide bonds. The molecule has 0 radical (unpaired) electrons. The van der Waals surface area contributed by atoms with Crippen molar-refractivity contribution in [1.29, 1.82) is 5.26 Å². The summed E-state index contributed by atoms with van der Waals surface area (Å²) < 4.78 is 0. The number of para-hydroxylation sites is 2. The monoisotopic (exact) mass is 219 g/mol. The molecule has 0 saturated heterocycles. The third kappa shape index (κ3) is 3.58. The van der Waals surface area contributed by atoms with Gasteiger partial charge in [0.2, 0.25) is 0 Å². The number of nitriles is 1. The predicted molar refractivity (Wildman–Crippen MR) is 61.1 cm³/mol. The molecule has 0 aliphatic rings. The fourth-order valence-electron chi connectivity index (χ4n) is 1.33. The summed E-state index contributed by atoms with van der Waals surface area (Å²) in [4.78, 5) is 10.3. The largest absolute Gasteiger partial charge is 0.379 e. The van der Waals surface area contributed by atoms with E-state index >= 15 is 0 Å². The van der Waals surface area contributed by atoms with Gasteiger partial charge in [-0.05, 0) is 18.9 Å². The molecule has 0 unspecified atom stereocenters. The molecule has 84 valence electrons. The smallest absolute Gasteiger partial charge is 0.292 e. The van der Waals surface area contributed by atoms with E-state index in [2.05, 4.69) is 11.4 Å². The van der Waals surface area contributed by atoms with Gasteiger partial charge in [-0.3, -0.25) is 10.1 Å². The fourth-order valence-corrected chi connectivity index (χ4v) is 1.33. The van der Waals surface area contributed by atoms with Gasteiger partial charge in [0.25, 0.3) is 5.69 Å². The molecule has 0 heterocycles. The van der Waals surface area contributed by atoms with Crippen LogP contribution in [-0.2, 0) is 0 Å². The Morgan fingerprint density at radius 3 is 2.81 bits per heavy atom. The zero-order chi connectivity index (χ0) is 11.8. The molecule has 0 fully saturated rings. The van der Waals surface area contributed by atoms with Gasteiger partial charge in [0.05, 0.1) is 11.0 Å². The van der Waals surface area contributed by atoms with E-state index in [0.29, 0.717) is 18.7 Å². The minimum absolute atomic E-state index is 0.0859. The molecule has 0 atom stereocenters. The molecule has 0 saturated carbocycles. The van der Waals surface area contributed by atoms with Gasteiger partial charge in [0, 0.05) is 19.0 Å². The van der Waals surface area contributed by atoms with Crippen molar-refractivity contribution in [3.8, 4) is 6.07 Å². The van der Waals surface area contributed by atoms with Gasteiger partial charge in [-0.1, -0.05) is 12.1 Å². The molecule has 5 nitrogen and oxygen atoms in total. The number of benzene rings is 1. The zero-order valence-corrected chi connectivity index (χ0v) is 8.85. The Labute approximate surface area is 93.9 Å². The number of anilines is 1. The Bertz CT molecular complexity index is 398. The van der Waals surface area contributed by atoms with Crippen LogP contribution in [-0.4, -0.2) is 11.5 Å². The van der Waals surface area contributed by atoms with E-state index in [1.165, 1.54) is 6.07 Å². The highest BCUT2D eigenvalue weighted by Crippen LogP contribution is 2.22. The highest BCUT2D eigenvalue weighted by atomic mass is 16.6. The predicted octanol–water partition coefficient (Wildman–Crippen LogP) is 2.70. The van der Waals surface area contributed by atoms with Gasteiger partial charge < -0.3 is 5.32 Å². The van der Waals surface area contributed by atoms with E-state index in [9.17, 15) is 10.1 Å². The number of nitrogens with zero attached hydrogens (tertiary/aromatic N) is 2. The zero-order valence-electron chi connectivity index (χ0n) is 8.85. The summed E-state index contributed by atoms with van der Waals surface area (Å²) in [5.74, 6) is 0. The van der Waals surface area contributed by atoms with Gasteiger partial charge in [0.15, 0.2) is 0 Å². The van der Waals surface area contributed by atoms with E-state index in [1.807, 2.05) is 0 Å². The highest BCUT2D eigenvalue weighted by molar-refractivity contribution is 5.60. The molecule has 1 aromatic carbocycles. The first-order valence-corrected chi connectivity index (χ1v) is 5.10. The lowest BCUT2D eigenvalue weighted by Crippen LogP contribution is -2.03. The van der Waals surface area contributed by atoms with Crippen LogP contribution < -0.4 is 5.32 Å². The van der Waals surface area contributed by atoms with E-state index < -0.39 is 4.92 Å². The maximum absolute atomic E-state index is 10.7. The molecule has 1 aromatic rings. The first-order valence-electron chi connectivity index (χ1n) is 5.10. The minimum atomic E-state index is -0.405. The van der Waals surface area contributed by atoms with Crippen LogP contribution in [0.5, 0.6) is 0 Å². The van der Waals surface area contributed by atoms with Crippen LogP contribution in [0.15, 0.2) is 24.3 Å². The number of rotatable bonds is 6. The summed E-state index contributed by atoms with van der Waals surface area (Å²) in [5.41, 5.74) is 0.618. The van der Waals surface area contributed by atoms with Gasteiger partial charge in [-0.15, -0.1) is 0 Å². The average Bonchev–Trinajstić information content (AvgIpc) is 2.29. The molecule has 1 N–H and O–H groups in total. The van der Waals surface area contributed by atoms with E-state index in [1.54, 1.807) is 18.2 Å². The van der Waals surface area contributed by atoms with E-state index in [-0.39, 0.29) is 5.69 Å². The summed E-state index contributed by atoms with van der Waals surface area (Å²) in [6, 6.07) is 8.61. The SMILES string of the molecule is N#CCCCCNc1ccccc1[N+](=O)[O-]. The topological polar surface area (TPSA) is 79.0 Å². The van der Waals surface area contributed by atoms with Crippen molar-refractivity contribution in [2.75, 3.05) is 11.9 Å². The molecular formula is C11H13N3O2. The number of hydrogen-bond acceptors (Lipinski definition) is 4.